The molecule has 2 rings (SSSR count). The van der Waals surface area contributed by atoms with Crippen molar-refractivity contribution >= 4 is 11.4 Å². The highest BCUT2D eigenvalue weighted by atomic mass is 16.6. The maximum absolute atomic E-state index is 11.0. The van der Waals surface area contributed by atoms with Crippen LogP contribution in [0.25, 0.3) is 0 Å². The van der Waals surface area contributed by atoms with Crippen molar-refractivity contribution in [3.8, 4) is 11.8 Å². The van der Waals surface area contributed by atoms with Crippen LogP contribution in [0.4, 0.5) is 11.4 Å². The van der Waals surface area contributed by atoms with Crippen LogP contribution in [-0.4, -0.2) is 12.0 Å². The second-order valence-electron chi connectivity index (χ2n) is 4.27. The van der Waals surface area contributed by atoms with Crippen molar-refractivity contribution in [2.24, 2.45) is 0 Å². The molecule has 106 valence electrons. The Kier molecular flexibility index (Phi) is 4.36. The number of nitro groups is 1. The summed E-state index contributed by atoms with van der Waals surface area (Å²) in [5.41, 5.74) is 1.48. The average molecular weight is 283 g/mol. The van der Waals surface area contributed by atoms with E-state index in [1.807, 2.05) is 30.3 Å². The van der Waals surface area contributed by atoms with Gasteiger partial charge in [-0.25, -0.2) is 0 Å². The second-order valence-corrected chi connectivity index (χ2v) is 4.27. The normalized spacial score (nSPS) is 9.71. The van der Waals surface area contributed by atoms with Gasteiger partial charge in [-0.05, 0) is 18.2 Å². The molecule has 6 heteroatoms. The fourth-order valence-electron chi connectivity index (χ4n) is 1.95. The van der Waals surface area contributed by atoms with E-state index in [-0.39, 0.29) is 5.69 Å². The Hall–Kier alpha value is -3.07. The molecule has 0 fully saturated rings. The maximum Gasteiger partial charge on any atom is 0.292 e. The van der Waals surface area contributed by atoms with E-state index < -0.39 is 4.92 Å². The number of benzene rings is 2. The lowest BCUT2D eigenvalue weighted by atomic mass is 10.1. The van der Waals surface area contributed by atoms with Crippen LogP contribution in [0.15, 0.2) is 42.5 Å². The zero-order valence-corrected chi connectivity index (χ0v) is 11.4. The number of methoxy groups -OCH3 is 1. The molecule has 0 saturated heterocycles. The standard InChI is InChI=1S/C15H13N3O3/c1-21-15-5-3-2-4-12(15)10-17-13-8-11(9-16)6-7-14(13)18(19)20/h2-8,17H,10H2,1H3. The van der Waals surface area contributed by atoms with Gasteiger partial charge in [-0.1, -0.05) is 18.2 Å². The minimum atomic E-state index is -0.480. The molecule has 0 atom stereocenters. The Balaban J connectivity index is 2.27. The summed E-state index contributed by atoms with van der Waals surface area (Å²) in [6.07, 6.45) is 0. The van der Waals surface area contributed by atoms with Gasteiger partial charge in [0.1, 0.15) is 11.4 Å². The smallest absolute Gasteiger partial charge is 0.292 e. The highest BCUT2D eigenvalue weighted by Gasteiger charge is 2.14. The first kappa shape index (κ1) is 14.3. The topological polar surface area (TPSA) is 88.2 Å². The van der Waals surface area contributed by atoms with Gasteiger partial charge in [-0.15, -0.1) is 0 Å². The summed E-state index contributed by atoms with van der Waals surface area (Å²) >= 11 is 0. The molecule has 2 aromatic rings. The Labute approximate surface area is 121 Å². The van der Waals surface area contributed by atoms with Crippen LogP contribution in [0.1, 0.15) is 11.1 Å². The Morgan fingerprint density at radius 1 is 1.33 bits per heavy atom. The predicted molar refractivity (Wildman–Crippen MR) is 78.1 cm³/mol. The number of nitriles is 1. The van der Waals surface area contributed by atoms with Crippen LogP contribution in [0, 0.1) is 21.4 Å². The van der Waals surface area contributed by atoms with E-state index in [1.165, 1.54) is 18.2 Å². The van der Waals surface area contributed by atoms with Gasteiger partial charge in [-0.2, -0.15) is 5.26 Å². The molecule has 0 amide bonds. The lowest BCUT2D eigenvalue weighted by molar-refractivity contribution is -0.384. The first-order chi connectivity index (χ1) is 10.2. The van der Waals surface area contributed by atoms with E-state index in [4.69, 9.17) is 10.00 Å². The van der Waals surface area contributed by atoms with E-state index >= 15 is 0 Å². The molecule has 6 nitrogen and oxygen atoms in total. The molecule has 0 bridgehead atoms. The summed E-state index contributed by atoms with van der Waals surface area (Å²) in [6.45, 7) is 0.361. The fourth-order valence-corrected chi connectivity index (χ4v) is 1.95. The van der Waals surface area contributed by atoms with Crippen LogP contribution in [0.3, 0.4) is 0 Å². The molecule has 0 radical (unpaired) electrons. The van der Waals surface area contributed by atoms with Crippen LogP contribution >= 0.6 is 0 Å². The van der Waals surface area contributed by atoms with Crippen molar-refractivity contribution in [2.45, 2.75) is 6.54 Å². The highest BCUT2D eigenvalue weighted by Crippen LogP contribution is 2.27. The Morgan fingerprint density at radius 3 is 2.76 bits per heavy atom. The first-order valence-electron chi connectivity index (χ1n) is 6.20. The highest BCUT2D eigenvalue weighted by molar-refractivity contribution is 5.64. The molecule has 0 aliphatic carbocycles. The van der Waals surface area contributed by atoms with Crippen molar-refractivity contribution in [2.75, 3.05) is 12.4 Å². The number of anilines is 1. The summed E-state index contributed by atoms with van der Waals surface area (Å²) in [6, 6.07) is 13.6. The number of hydrogen-bond donors (Lipinski definition) is 1. The Morgan fingerprint density at radius 2 is 2.10 bits per heavy atom. The Bertz CT molecular complexity index is 708. The van der Waals surface area contributed by atoms with E-state index in [1.54, 1.807) is 7.11 Å². The molecule has 0 aliphatic rings. The number of nitrogens with zero attached hydrogens (tertiary/aromatic N) is 2. The monoisotopic (exact) mass is 283 g/mol. The van der Waals surface area contributed by atoms with Gasteiger partial charge in [0, 0.05) is 18.2 Å². The maximum atomic E-state index is 11.0. The quantitative estimate of drug-likeness (QED) is 0.673. The minimum Gasteiger partial charge on any atom is -0.496 e. The van der Waals surface area contributed by atoms with Crippen molar-refractivity contribution in [1.29, 1.82) is 5.26 Å². The summed E-state index contributed by atoms with van der Waals surface area (Å²) in [4.78, 5) is 10.5. The van der Waals surface area contributed by atoms with Gasteiger partial charge in [0.05, 0.1) is 23.7 Å². The summed E-state index contributed by atoms with van der Waals surface area (Å²) in [5.74, 6) is 0.698. The van der Waals surface area contributed by atoms with E-state index in [0.29, 0.717) is 23.5 Å². The van der Waals surface area contributed by atoms with E-state index in [0.717, 1.165) is 5.56 Å². The van der Waals surface area contributed by atoms with Crippen molar-refractivity contribution < 1.29 is 9.66 Å². The number of ether oxygens (including phenoxy) is 1. The molecule has 1 N–H and O–H groups in total. The first-order valence-corrected chi connectivity index (χ1v) is 6.20. The molecule has 0 aliphatic heterocycles. The number of rotatable bonds is 5. The predicted octanol–water partition coefficient (Wildman–Crippen LogP) is 3.09. The molecule has 2 aromatic carbocycles. The third-order valence-corrected chi connectivity index (χ3v) is 2.98. The second kappa shape index (κ2) is 6.39. The minimum absolute atomic E-state index is 0.0658. The summed E-state index contributed by atoms with van der Waals surface area (Å²) in [5, 5.41) is 22.9. The molecule has 0 heterocycles. The van der Waals surface area contributed by atoms with Crippen molar-refractivity contribution in [3.05, 3.63) is 63.7 Å². The third-order valence-electron chi connectivity index (χ3n) is 2.98. The number of nitrogens with one attached hydrogen (secondary N) is 1. The SMILES string of the molecule is COc1ccccc1CNc1cc(C#N)ccc1[N+](=O)[O-]. The fraction of sp³-hybridized carbons (Fsp3) is 0.133. The molecule has 0 aromatic heterocycles. The van der Waals surface area contributed by atoms with E-state index in [2.05, 4.69) is 5.32 Å². The van der Waals surface area contributed by atoms with Crippen LogP contribution in [0.2, 0.25) is 0 Å². The zero-order valence-electron chi connectivity index (χ0n) is 11.4. The number of nitro benzene ring substituents is 1. The molecule has 21 heavy (non-hydrogen) atoms. The van der Waals surface area contributed by atoms with Gasteiger partial charge in [0.15, 0.2) is 0 Å². The van der Waals surface area contributed by atoms with Gasteiger partial charge < -0.3 is 10.1 Å². The van der Waals surface area contributed by atoms with E-state index in [9.17, 15) is 10.1 Å². The van der Waals surface area contributed by atoms with Crippen LogP contribution in [0.5, 0.6) is 5.75 Å². The summed E-state index contributed by atoms with van der Waals surface area (Å²) in [7, 11) is 1.57. The van der Waals surface area contributed by atoms with Gasteiger partial charge in [-0.3, -0.25) is 10.1 Å². The molecule has 0 unspecified atom stereocenters. The van der Waals surface area contributed by atoms with Crippen LogP contribution in [-0.2, 0) is 6.54 Å². The summed E-state index contributed by atoms with van der Waals surface area (Å²) < 4.78 is 5.23. The molecule has 0 saturated carbocycles. The zero-order chi connectivity index (χ0) is 15.2. The van der Waals surface area contributed by atoms with Crippen molar-refractivity contribution in [1.82, 2.24) is 0 Å². The third kappa shape index (κ3) is 3.28. The van der Waals surface area contributed by atoms with Crippen LogP contribution < -0.4 is 10.1 Å². The van der Waals surface area contributed by atoms with Crippen molar-refractivity contribution in [3.63, 3.8) is 0 Å². The number of para-hydroxylation sites is 1. The average Bonchev–Trinajstić information content (AvgIpc) is 2.52. The molecular formula is C15H13N3O3. The molecule has 0 spiro atoms. The molecular weight excluding hydrogens is 270 g/mol. The lowest BCUT2D eigenvalue weighted by Gasteiger charge is -2.10. The largest absolute Gasteiger partial charge is 0.496 e. The van der Waals surface area contributed by atoms with Gasteiger partial charge in [0.2, 0.25) is 0 Å². The lowest BCUT2D eigenvalue weighted by Crippen LogP contribution is -2.04. The van der Waals surface area contributed by atoms with Gasteiger partial charge in [0.25, 0.3) is 5.69 Å². The van der Waals surface area contributed by atoms with Gasteiger partial charge >= 0.3 is 0 Å². The number of hydrogen-bond acceptors (Lipinski definition) is 5.